The normalized spacial score (nSPS) is 30.1. The van der Waals surface area contributed by atoms with Crippen LogP contribution in [0.4, 0.5) is 22.4 Å². The van der Waals surface area contributed by atoms with Crippen molar-refractivity contribution in [2.24, 2.45) is 23.2 Å². The van der Waals surface area contributed by atoms with Crippen molar-refractivity contribution in [3.8, 4) is 11.6 Å². The summed E-state index contributed by atoms with van der Waals surface area (Å²) in [6.07, 6.45) is -4.91. The van der Waals surface area contributed by atoms with Crippen LogP contribution in [0.25, 0.3) is 11.0 Å². The highest BCUT2D eigenvalue weighted by Gasteiger charge is 2.68. The molecule has 16 nitrogen and oxygen atoms in total. The van der Waals surface area contributed by atoms with Gasteiger partial charge in [-0.25, -0.2) is 32.0 Å². The Morgan fingerprint density at radius 1 is 1.06 bits per heavy atom. The fraction of sp³-hybridized carbons (Fsp3) is 0.714. The third-order valence-electron chi connectivity index (χ3n) is 12.8. The maximum absolute atomic E-state index is 16.3. The van der Waals surface area contributed by atoms with Crippen LogP contribution in [-0.4, -0.2) is 113 Å². The largest absolute Gasteiger partial charge is 0.497 e. The summed E-state index contributed by atoms with van der Waals surface area (Å²) in [5, 5.41) is 12.6. The number of fused-ring (bicyclic) bond motifs is 5. The third kappa shape index (κ3) is 9.93. The molecule has 2 aromatic rings. The Kier molecular flexibility index (Phi) is 13.5. The minimum Gasteiger partial charge on any atom is -0.497 e. The molecule has 3 saturated carbocycles. The van der Waals surface area contributed by atoms with Crippen LogP contribution in [0.15, 0.2) is 18.2 Å². The lowest BCUT2D eigenvalue weighted by Crippen LogP contribution is -2.61. The second kappa shape index (κ2) is 17.8. The summed E-state index contributed by atoms with van der Waals surface area (Å²) in [5.41, 5.74) is -3.83. The van der Waals surface area contributed by atoms with Crippen molar-refractivity contribution in [2.75, 3.05) is 20.3 Å². The number of nitrogens with one attached hydrogen (secondary N) is 3. The second-order valence-corrected chi connectivity index (χ2v) is 20.7. The van der Waals surface area contributed by atoms with Gasteiger partial charge in [0.25, 0.3) is 11.8 Å². The molecule has 7 rings (SSSR count). The first-order valence-corrected chi connectivity index (χ1v) is 22.9. The molecule has 21 heteroatoms. The van der Waals surface area contributed by atoms with Crippen LogP contribution in [0.1, 0.15) is 105 Å². The maximum atomic E-state index is 16.3. The Morgan fingerprint density at radius 3 is 2.33 bits per heavy atom. The zero-order chi connectivity index (χ0) is 46.4. The summed E-state index contributed by atoms with van der Waals surface area (Å²) in [5.74, 6) is -9.85. The Labute approximate surface area is 364 Å². The number of alkyl carbamates (subject to hydrolysis) is 1. The number of amides is 4. The Hall–Kier alpha value is -4.53. The van der Waals surface area contributed by atoms with E-state index < -0.39 is 129 Å². The number of carbonyl (C=O) groups excluding carboxylic acids is 4. The Balaban J connectivity index is 0.00000214. The molecule has 2 bridgehead atoms. The van der Waals surface area contributed by atoms with Crippen molar-refractivity contribution < 1.29 is 64.5 Å². The Bertz CT molecular complexity index is 2190. The molecule has 2 aliphatic heterocycles. The van der Waals surface area contributed by atoms with E-state index in [0.717, 1.165) is 4.90 Å². The van der Waals surface area contributed by atoms with Crippen LogP contribution in [0.3, 0.4) is 0 Å². The van der Waals surface area contributed by atoms with Crippen molar-refractivity contribution in [3.63, 3.8) is 0 Å². The summed E-state index contributed by atoms with van der Waals surface area (Å²) in [6, 6.07) is 1.59. The van der Waals surface area contributed by atoms with Crippen molar-refractivity contribution >= 4 is 44.9 Å². The highest BCUT2D eigenvalue weighted by atomic mass is 32.2. The SMILES string of the molecule is CCO.CC[C@@H]1[C@@H]2CN(C(=O)[C@H](C(C)(C)C)NC(=O)O[C@@H]3C[C@H]3CCCCC(F)(F)c3nc4ccc(OC)cc4nc3O2)[C@@H]1C(=O)N[C@]1(C(=O)NS(=O)(=O)C2(C)CC2)C[C@H]1C(F)F. The first-order chi connectivity index (χ1) is 29.4. The van der Waals surface area contributed by atoms with Gasteiger partial charge in [0.1, 0.15) is 35.6 Å². The van der Waals surface area contributed by atoms with Crippen LogP contribution in [-0.2, 0) is 35.1 Å². The van der Waals surface area contributed by atoms with Gasteiger partial charge in [0.15, 0.2) is 5.69 Å². The van der Waals surface area contributed by atoms with Gasteiger partial charge in [0, 0.05) is 25.0 Å². The molecule has 350 valence electrons. The predicted octanol–water partition coefficient (Wildman–Crippen LogP) is 4.96. The van der Waals surface area contributed by atoms with Gasteiger partial charge in [0.05, 0.1) is 35.4 Å². The number of hydrogen-bond donors (Lipinski definition) is 4. The fourth-order valence-corrected chi connectivity index (χ4v) is 9.74. The molecule has 0 radical (unpaired) electrons. The van der Waals surface area contributed by atoms with Crippen LogP contribution in [0, 0.1) is 23.2 Å². The minimum atomic E-state index is -4.31. The summed E-state index contributed by atoms with van der Waals surface area (Å²) in [6.45, 7) is 9.55. The van der Waals surface area contributed by atoms with E-state index in [1.165, 1.54) is 26.2 Å². The average Bonchev–Trinajstić information content (AvgIpc) is 4.16. The van der Waals surface area contributed by atoms with Crippen LogP contribution in [0.5, 0.6) is 11.6 Å². The third-order valence-corrected chi connectivity index (χ3v) is 14.9. The lowest BCUT2D eigenvalue weighted by atomic mass is 9.85. The number of methoxy groups -OCH3 is 1. The van der Waals surface area contributed by atoms with Gasteiger partial charge in [-0.3, -0.25) is 19.1 Å². The van der Waals surface area contributed by atoms with Crippen LogP contribution in [0.2, 0.25) is 0 Å². The quantitative estimate of drug-likeness (QED) is 0.259. The molecule has 3 aliphatic carbocycles. The number of aliphatic hydroxyl groups is 1. The zero-order valence-electron chi connectivity index (χ0n) is 36.5. The number of alkyl halides is 4. The van der Waals surface area contributed by atoms with E-state index >= 15 is 8.78 Å². The lowest BCUT2D eigenvalue weighted by molar-refractivity contribution is -0.144. The predicted molar refractivity (Wildman–Crippen MR) is 219 cm³/mol. The molecule has 3 heterocycles. The molecule has 4 N–H and O–H groups in total. The molecule has 0 spiro atoms. The molecule has 5 aliphatic rings. The number of benzene rings is 1. The molecule has 4 amide bonds. The van der Waals surface area contributed by atoms with E-state index in [1.54, 1.807) is 40.7 Å². The Morgan fingerprint density at radius 2 is 1.75 bits per heavy atom. The van der Waals surface area contributed by atoms with Gasteiger partial charge in [-0.1, -0.05) is 34.1 Å². The van der Waals surface area contributed by atoms with E-state index in [4.69, 9.17) is 19.3 Å². The number of halogens is 4. The van der Waals surface area contributed by atoms with E-state index in [0.29, 0.717) is 25.0 Å². The molecule has 1 aromatic carbocycles. The summed E-state index contributed by atoms with van der Waals surface area (Å²) < 4.78 is 105. The molecule has 63 heavy (non-hydrogen) atoms. The molecule has 8 atom stereocenters. The van der Waals surface area contributed by atoms with Crippen molar-refractivity contribution in [3.05, 3.63) is 23.9 Å². The topological polar surface area (TPSA) is 215 Å². The highest BCUT2D eigenvalue weighted by molar-refractivity contribution is 7.91. The first-order valence-electron chi connectivity index (χ1n) is 21.4. The number of rotatable bonds is 8. The van der Waals surface area contributed by atoms with Gasteiger partial charge in [-0.05, 0) is 82.3 Å². The summed E-state index contributed by atoms with van der Waals surface area (Å²) >= 11 is 0. The number of carbonyl (C=O) groups is 4. The second-order valence-electron chi connectivity index (χ2n) is 18.5. The minimum absolute atomic E-state index is 0.0516. The lowest BCUT2D eigenvalue weighted by Gasteiger charge is -2.36. The number of ether oxygens (including phenoxy) is 3. The smallest absolute Gasteiger partial charge is 0.408 e. The van der Waals surface area contributed by atoms with E-state index in [1.807, 2.05) is 4.72 Å². The maximum Gasteiger partial charge on any atom is 0.408 e. The zero-order valence-corrected chi connectivity index (χ0v) is 37.3. The molecule has 4 fully saturated rings. The van der Waals surface area contributed by atoms with E-state index in [2.05, 4.69) is 20.6 Å². The highest BCUT2D eigenvalue weighted by Crippen LogP contribution is 2.50. The van der Waals surface area contributed by atoms with Crippen molar-refractivity contribution in [1.82, 2.24) is 30.2 Å². The summed E-state index contributed by atoms with van der Waals surface area (Å²) in [7, 11) is -2.89. The number of sulfonamides is 1. The van der Waals surface area contributed by atoms with Crippen molar-refractivity contribution in [2.45, 2.75) is 146 Å². The number of nitrogens with zero attached hydrogens (tertiary/aromatic N) is 3. The van der Waals surface area contributed by atoms with Gasteiger partial charge in [0.2, 0.25) is 34.1 Å². The number of aliphatic hydroxyl groups excluding tert-OH is 1. The standard InChI is InChI=1S/C40H52F4N6O9S.C2H6O/c1-7-22-27-19-50(28(22)32(51)48-39(18-23(39)31(41)42)35(53)49-60(55,56)38(5)14-15-38)34(52)30(37(2,3)4)47-36(54)59-26-16-20(26)10-8-9-13-40(43,44)29-33(58-27)46-25-17-21(57-6)11-12-24(25)45-29;1-2-3/h11-12,17,20,22-23,26-28,30-31H,7-10,13-16,18-19H2,1-6H3,(H,47,54)(H,48,51)(H,49,53);3H,2H2,1H3/t20-,22-,23+,26-,27+,28+,30-,39-;/m1./s1. The van der Waals surface area contributed by atoms with Crippen LogP contribution >= 0.6 is 0 Å². The summed E-state index contributed by atoms with van der Waals surface area (Å²) in [4.78, 5) is 66.3. The van der Waals surface area contributed by atoms with Crippen LogP contribution < -0.4 is 24.8 Å². The molecule has 1 aromatic heterocycles. The number of aromatic nitrogens is 2. The first kappa shape index (κ1) is 47.9. The van der Waals surface area contributed by atoms with Gasteiger partial charge >= 0.3 is 6.09 Å². The molecule has 1 saturated heterocycles. The van der Waals surface area contributed by atoms with Crippen molar-refractivity contribution in [1.29, 1.82) is 0 Å². The molecular formula is C42H58F4N6O10S. The van der Waals surface area contributed by atoms with E-state index in [9.17, 15) is 36.4 Å². The molecule has 0 unspecified atom stereocenters. The van der Waals surface area contributed by atoms with Gasteiger partial charge < -0.3 is 34.9 Å². The average molecular weight is 915 g/mol. The molecular weight excluding hydrogens is 857 g/mol. The van der Waals surface area contributed by atoms with Gasteiger partial charge in [-0.2, -0.15) is 8.78 Å². The number of hydrogen-bond acceptors (Lipinski definition) is 12. The van der Waals surface area contributed by atoms with Gasteiger partial charge in [-0.15, -0.1) is 0 Å². The fourth-order valence-electron chi connectivity index (χ4n) is 8.43. The monoisotopic (exact) mass is 914 g/mol. The van der Waals surface area contributed by atoms with E-state index in [-0.39, 0.29) is 49.2 Å².